The molecule has 11 rings (SSSR count). The maximum absolute atomic E-state index is 14.1. The summed E-state index contributed by atoms with van der Waals surface area (Å²) in [4.78, 5) is 86.5. The Morgan fingerprint density at radius 3 is 2.07 bits per heavy atom. The van der Waals surface area contributed by atoms with Crippen molar-refractivity contribution in [1.82, 2.24) is 53.6 Å². The number of ether oxygens (including phenoxy) is 4. The number of nitrogens with two attached hydrogens (primary N) is 2. The number of H-pyrrole nitrogens is 1. The highest BCUT2D eigenvalue weighted by molar-refractivity contribution is 7.66. The molecule has 0 radical (unpaired) electrons. The summed E-state index contributed by atoms with van der Waals surface area (Å²) in [5, 5.41) is 59.2. The normalized spacial score (nSPS) is 28.3. The zero-order valence-electron chi connectivity index (χ0n) is 43.4. The number of anilines is 3. The molecule has 3 aliphatic rings. The van der Waals surface area contributed by atoms with Crippen LogP contribution in [0.1, 0.15) is 24.2 Å². The number of hydrogen-bond donors (Lipinski definition) is 13. The first-order valence-electron chi connectivity index (χ1n) is 24.6. The quantitative estimate of drug-likeness (QED) is 0.0298. The molecular formula is C42H50N15O24P4+. The number of methoxy groups -OCH3 is 1. The number of fused-ring (bicyclic) bond motifs is 4. The second kappa shape index (κ2) is 23.0. The summed E-state index contributed by atoms with van der Waals surface area (Å²) >= 11 is 0. The number of aromatic hydroxyl groups is 1. The van der Waals surface area contributed by atoms with Crippen LogP contribution in [0.15, 0.2) is 72.6 Å². The number of aromatic nitrogens is 12. The van der Waals surface area contributed by atoms with Crippen molar-refractivity contribution in [1.29, 1.82) is 0 Å². The van der Waals surface area contributed by atoms with Crippen LogP contribution < -0.4 is 26.9 Å². The van der Waals surface area contributed by atoms with Gasteiger partial charge in [-0.05, 0) is 16.3 Å². The molecule has 0 amide bonds. The number of aliphatic hydroxyl groups excluding tert-OH is 4. The Balaban J connectivity index is 0.799. The van der Waals surface area contributed by atoms with Crippen LogP contribution in [0.5, 0.6) is 5.88 Å². The van der Waals surface area contributed by atoms with Crippen molar-refractivity contribution in [2.24, 2.45) is 7.05 Å². The van der Waals surface area contributed by atoms with E-state index in [0.29, 0.717) is 0 Å². The van der Waals surface area contributed by atoms with E-state index in [2.05, 4.69) is 53.8 Å². The first kappa shape index (κ1) is 60.2. The predicted molar refractivity (Wildman–Crippen MR) is 280 cm³/mol. The van der Waals surface area contributed by atoms with Crippen LogP contribution in [0.2, 0.25) is 0 Å². The van der Waals surface area contributed by atoms with Gasteiger partial charge < -0.3 is 80.8 Å². The van der Waals surface area contributed by atoms with E-state index in [1.807, 2.05) is 42.5 Å². The van der Waals surface area contributed by atoms with Crippen molar-refractivity contribution in [3.63, 3.8) is 0 Å². The Bertz CT molecular complexity index is 4110. The summed E-state index contributed by atoms with van der Waals surface area (Å²) in [5.41, 5.74) is 11.2. The highest BCUT2D eigenvalue weighted by Crippen LogP contribution is 2.68. The van der Waals surface area contributed by atoms with Crippen LogP contribution in [0.4, 0.5) is 17.7 Å². The van der Waals surface area contributed by atoms with E-state index < -0.39 is 130 Å². The number of phosphoric acid groups is 4. The van der Waals surface area contributed by atoms with Gasteiger partial charge in [-0.2, -0.15) is 28.1 Å². The summed E-state index contributed by atoms with van der Waals surface area (Å²) < 4.78 is 111. The average Bonchev–Trinajstić information content (AvgIpc) is 1.92. The van der Waals surface area contributed by atoms with Gasteiger partial charge in [0.25, 0.3) is 22.6 Å². The molecule has 2 aromatic carbocycles. The van der Waals surface area contributed by atoms with Crippen LogP contribution in [0.25, 0.3) is 44.3 Å². The first-order valence-corrected chi connectivity index (χ1v) is 30.6. The summed E-state index contributed by atoms with van der Waals surface area (Å²) in [7, 11) is -21.3. The number of rotatable bonds is 21. The van der Waals surface area contributed by atoms with Gasteiger partial charge in [-0.1, -0.05) is 42.5 Å². The highest BCUT2D eigenvalue weighted by atomic mass is 31.3. The summed E-state index contributed by atoms with van der Waals surface area (Å²) in [6.45, 7) is -2.20. The third-order valence-electron chi connectivity index (χ3n) is 13.5. The minimum Gasteiger partial charge on any atom is -0.490 e. The average molecular weight is 1270 g/mol. The lowest BCUT2D eigenvalue weighted by Gasteiger charge is -2.27. The number of phosphoric ester groups is 3. The van der Waals surface area contributed by atoms with Gasteiger partial charge in [0.2, 0.25) is 24.5 Å². The molecule has 3 aliphatic heterocycles. The molecule has 0 bridgehead atoms. The SMILES string of the molecule is COC1[C@@H](OP(=O)(O)O[C@H]2O[C@@H](n3cnc4c(=O)[nH]c(N)nc43)C(O)[C@H]2O)[C@@H](COP(=O)(O)OP(=O)(O)OP(=O)(O)OC[C@H]2O[C@@H](n3c[n+](C)c4c(O)nc(N)nc43)C(O)C2O)O[C@H]1n1cnc2c(NCc3cccc4ccccc34)ncnc21. The van der Waals surface area contributed by atoms with E-state index in [9.17, 15) is 68.2 Å². The van der Waals surface area contributed by atoms with Gasteiger partial charge in [0.15, 0.2) is 46.9 Å². The summed E-state index contributed by atoms with van der Waals surface area (Å²) in [6, 6.07) is 13.4. The number of nitrogens with one attached hydrogen (secondary N) is 2. The molecular weight excluding hydrogens is 1220 g/mol. The zero-order chi connectivity index (χ0) is 60.7. The predicted octanol–water partition coefficient (Wildman–Crippen LogP) is -1.16. The Morgan fingerprint density at radius 2 is 1.34 bits per heavy atom. The molecule has 6 aromatic heterocycles. The van der Waals surface area contributed by atoms with Crippen molar-refractivity contribution < 1.29 is 114 Å². The van der Waals surface area contributed by atoms with E-state index in [1.54, 1.807) is 0 Å². The van der Waals surface area contributed by atoms with Crippen LogP contribution in [-0.2, 0) is 77.5 Å². The smallest absolute Gasteiger partial charge is 0.490 e. The molecule has 8 aromatic rings. The lowest BCUT2D eigenvalue weighted by Crippen LogP contribution is -2.38. The van der Waals surface area contributed by atoms with Gasteiger partial charge in [0.1, 0.15) is 55.2 Å². The van der Waals surface area contributed by atoms with Gasteiger partial charge in [0.05, 0.1) is 32.9 Å². The van der Waals surface area contributed by atoms with Crippen molar-refractivity contribution in [3.05, 3.63) is 83.7 Å². The van der Waals surface area contributed by atoms with E-state index in [0.717, 1.165) is 38.9 Å². The van der Waals surface area contributed by atoms with Crippen LogP contribution in [0.3, 0.4) is 0 Å². The van der Waals surface area contributed by atoms with Crippen molar-refractivity contribution in [3.8, 4) is 5.88 Å². The molecule has 456 valence electrons. The van der Waals surface area contributed by atoms with Crippen LogP contribution in [-0.4, -0.2) is 174 Å². The number of nitrogen functional groups attached to an aromatic ring is 2. The molecule has 39 nitrogen and oxygen atoms in total. The fourth-order valence-electron chi connectivity index (χ4n) is 9.81. The number of nitrogens with zero attached hydrogens (tertiary/aromatic N) is 11. The minimum absolute atomic E-state index is 0.0286. The fourth-order valence-corrected chi connectivity index (χ4v) is 14.4. The lowest BCUT2D eigenvalue weighted by atomic mass is 10.0. The van der Waals surface area contributed by atoms with Gasteiger partial charge >= 0.3 is 31.3 Å². The largest absolute Gasteiger partial charge is 0.490 e. The maximum atomic E-state index is 14.1. The summed E-state index contributed by atoms with van der Waals surface area (Å²) in [5.74, 6) is -1.04. The van der Waals surface area contributed by atoms with Crippen molar-refractivity contribution in [2.75, 3.05) is 37.1 Å². The molecule has 15 N–H and O–H groups in total. The van der Waals surface area contributed by atoms with Crippen LogP contribution >= 0.6 is 31.3 Å². The number of benzene rings is 2. The van der Waals surface area contributed by atoms with Crippen LogP contribution in [0, 0.1) is 0 Å². The monoisotopic (exact) mass is 1270 g/mol. The molecule has 9 heterocycles. The van der Waals surface area contributed by atoms with E-state index in [1.165, 1.54) is 35.2 Å². The van der Waals surface area contributed by atoms with Gasteiger partial charge in [0, 0.05) is 13.7 Å². The summed E-state index contributed by atoms with van der Waals surface area (Å²) in [6.07, 6.45) is -17.2. The Hall–Kier alpha value is -6.45. The highest BCUT2D eigenvalue weighted by Gasteiger charge is 2.55. The number of imidazole rings is 3. The Kier molecular flexibility index (Phi) is 16.3. The zero-order valence-corrected chi connectivity index (χ0v) is 47.0. The first-order chi connectivity index (χ1) is 40.2. The third-order valence-corrected chi connectivity index (χ3v) is 18.8. The second-order valence-electron chi connectivity index (χ2n) is 19.0. The molecule has 43 heteroatoms. The van der Waals surface area contributed by atoms with E-state index >= 15 is 0 Å². The molecule has 0 aliphatic carbocycles. The number of aryl methyl sites for hydroxylation is 1. The Morgan fingerprint density at radius 1 is 0.694 bits per heavy atom. The third kappa shape index (κ3) is 12.1. The van der Waals surface area contributed by atoms with Crippen molar-refractivity contribution in [2.45, 2.75) is 80.4 Å². The van der Waals surface area contributed by atoms with Gasteiger partial charge in [-0.25, -0.2) is 42.8 Å². The molecule has 3 fully saturated rings. The Labute approximate surface area is 473 Å². The fraction of sp³-hybridized carbons (Fsp3) is 0.405. The lowest BCUT2D eigenvalue weighted by molar-refractivity contribution is -0.646. The van der Waals surface area contributed by atoms with Crippen molar-refractivity contribution >= 4 is 93.3 Å². The van der Waals surface area contributed by atoms with E-state index in [4.69, 9.17) is 48.5 Å². The number of hydrogen-bond acceptors (Lipinski definition) is 30. The molecule has 0 saturated carbocycles. The topological polar surface area (TPSA) is 548 Å². The van der Waals surface area contributed by atoms with Gasteiger partial charge in [-0.15, -0.1) is 0 Å². The number of aliphatic hydroxyl groups is 4. The molecule has 3 saturated heterocycles. The molecule has 8 unspecified atom stereocenters. The minimum atomic E-state index is -6.25. The standard InChI is InChI=1S/C42H49N15O24P4/c1-54-16-57(34-24(54)36(63)53-42(44)51-34)38-26(59)25(58)20(75-38)11-73-82(64,65)80-85(70,71)81-83(66,67)74-12-21-29(78-84(68,69)79-40-28(61)27(60)37(77-40)56-15-49-23-33(56)50-41(43)52-35(23)62)30(72-2)39(76-21)55-14-48-22-31(46-13-47-32(22)55)45-10-18-8-5-7-17-6-3-4-9-19(17)18/h3-9,13-16,20-21,25-30,37-40,58-61H,10-12H2,1-2H3,(H10-,43,44,45,46,47,50,51,52,53,62,63,64,65,66,67,68,69,70,71)/p+1/t20-,21-,25?,26?,27?,28-,29+,30?,37-,38-,39-,40-/m1/s1. The molecule has 16 atom stereocenters. The molecule has 0 spiro atoms. The van der Waals surface area contributed by atoms with Gasteiger partial charge in [-0.3, -0.25) is 37.0 Å². The molecule has 85 heavy (non-hydrogen) atoms. The number of aromatic amines is 1. The van der Waals surface area contributed by atoms with E-state index in [-0.39, 0.29) is 57.8 Å². The second-order valence-corrected chi connectivity index (χ2v) is 25.0. The maximum Gasteiger partial charge on any atom is 0.490 e.